The minimum absolute atomic E-state index is 0.0128. The number of hydrogen-bond acceptors (Lipinski definition) is 8. The highest BCUT2D eigenvalue weighted by Gasteiger charge is 2.40. The smallest absolute Gasteiger partial charge is 0.411 e. The topological polar surface area (TPSA) is 125 Å². The van der Waals surface area contributed by atoms with Gasteiger partial charge in [-0.3, -0.25) is 15.0 Å². The molecule has 2 atom stereocenters. The molecule has 0 aliphatic carbocycles. The van der Waals surface area contributed by atoms with E-state index in [9.17, 15) is 14.7 Å². The van der Waals surface area contributed by atoms with Crippen molar-refractivity contribution in [3.8, 4) is 22.6 Å². The Morgan fingerprint density at radius 2 is 1.67 bits per heavy atom. The van der Waals surface area contributed by atoms with Crippen LogP contribution in [0.15, 0.2) is 102 Å². The van der Waals surface area contributed by atoms with E-state index in [0.29, 0.717) is 24.6 Å². The lowest BCUT2D eigenvalue weighted by Gasteiger charge is -2.43. The molecule has 60 heavy (non-hydrogen) atoms. The highest BCUT2D eigenvalue weighted by molar-refractivity contribution is 6.74. The first kappa shape index (κ1) is 43.2. The Kier molecular flexibility index (Phi) is 13.8. The van der Waals surface area contributed by atoms with Crippen LogP contribution in [0.2, 0.25) is 18.1 Å². The lowest BCUT2D eigenvalue weighted by atomic mass is 9.86. The number of piperidine rings is 3. The lowest BCUT2D eigenvalue weighted by molar-refractivity contribution is -0.0289. The van der Waals surface area contributed by atoms with E-state index in [4.69, 9.17) is 13.9 Å². The molecular weight excluding hydrogens is 769 g/mol. The van der Waals surface area contributed by atoms with Gasteiger partial charge in [-0.25, -0.2) is 4.79 Å². The van der Waals surface area contributed by atoms with Crippen LogP contribution in [0.3, 0.4) is 0 Å². The number of H-pyrrole nitrogens is 1. The van der Waals surface area contributed by atoms with Gasteiger partial charge in [0.1, 0.15) is 17.6 Å². The van der Waals surface area contributed by atoms with Crippen molar-refractivity contribution < 1.29 is 23.8 Å². The van der Waals surface area contributed by atoms with E-state index in [1.807, 2.05) is 42.5 Å². The van der Waals surface area contributed by atoms with E-state index in [2.05, 4.69) is 90.8 Å². The van der Waals surface area contributed by atoms with Gasteiger partial charge in [0.05, 0.1) is 23.9 Å². The van der Waals surface area contributed by atoms with Crippen LogP contribution < -0.4 is 20.9 Å². The summed E-state index contributed by atoms with van der Waals surface area (Å²) in [5.74, 6) is 1.37. The Morgan fingerprint density at radius 1 is 0.917 bits per heavy atom. The number of benzene rings is 4. The molecular formula is C49H62N4O6Si. The first-order valence-corrected chi connectivity index (χ1v) is 24.6. The summed E-state index contributed by atoms with van der Waals surface area (Å²) in [6.07, 6.45) is 5.18. The highest BCUT2D eigenvalue weighted by Crippen LogP contribution is 2.41. The van der Waals surface area contributed by atoms with Gasteiger partial charge in [0.15, 0.2) is 8.32 Å². The number of nitrogens with zero attached hydrogens (tertiary/aromatic N) is 1. The number of carbonyl (C=O) groups excluding carboxylic acids is 1. The van der Waals surface area contributed by atoms with Gasteiger partial charge in [0.2, 0.25) is 5.56 Å². The summed E-state index contributed by atoms with van der Waals surface area (Å²) in [6.45, 7) is 16.2. The number of nitrogens with one attached hydrogen (secondary N) is 3. The second-order valence-corrected chi connectivity index (χ2v) is 22.8. The standard InChI is InChI=1S/C49H62N4O6Si/c1-49(2,3)60(4,5)59-44(39-19-22-43(54)47-40(39)20-23-46(55)52-47)32-50-27-24-34-14-17-38(18-15-34)57-30-10-9-11-35-16-21-42(41(31-35)36-12-7-6-8-13-36)51-48(56)58-45-33-53-28-25-37(45)26-29-53/h6-8,12-23,31,37,44-45,50,54H,9-11,24-30,32-33H2,1-5H3,(H,51,56)(H,52,55)/t44-,45-/m0/s1. The van der Waals surface area contributed by atoms with Crippen LogP contribution in [-0.2, 0) is 22.0 Å². The third kappa shape index (κ3) is 10.9. The normalized spacial score (nSPS) is 18.3. The molecule has 11 heteroatoms. The number of ether oxygens (including phenoxy) is 2. The van der Waals surface area contributed by atoms with Crippen LogP contribution in [0.25, 0.3) is 22.0 Å². The molecule has 0 saturated carbocycles. The van der Waals surface area contributed by atoms with Crippen LogP contribution >= 0.6 is 0 Å². The number of amides is 1. The minimum Gasteiger partial charge on any atom is -0.506 e. The largest absolute Gasteiger partial charge is 0.506 e. The van der Waals surface area contributed by atoms with E-state index >= 15 is 0 Å². The summed E-state index contributed by atoms with van der Waals surface area (Å²) < 4.78 is 19.0. The maximum atomic E-state index is 13.1. The van der Waals surface area contributed by atoms with E-state index in [-0.39, 0.29) is 34.6 Å². The quantitative estimate of drug-likeness (QED) is 0.0540. The Bertz CT molecular complexity index is 2260. The number of aromatic hydroxyl groups is 1. The molecule has 0 radical (unpaired) electrons. The minimum atomic E-state index is -2.16. The summed E-state index contributed by atoms with van der Waals surface area (Å²) in [5, 5.41) is 18.0. The maximum absolute atomic E-state index is 13.1. The summed E-state index contributed by atoms with van der Waals surface area (Å²) >= 11 is 0. The number of phenols is 1. The number of aromatic amines is 1. The summed E-state index contributed by atoms with van der Waals surface area (Å²) in [5.41, 5.74) is 6.37. The third-order valence-electron chi connectivity index (χ3n) is 12.7. The van der Waals surface area contributed by atoms with Gasteiger partial charge in [0.25, 0.3) is 0 Å². The highest BCUT2D eigenvalue weighted by atomic mass is 28.4. The van der Waals surface area contributed by atoms with E-state index < -0.39 is 8.32 Å². The number of unbranched alkanes of at least 4 members (excludes halogenated alkanes) is 1. The van der Waals surface area contributed by atoms with Gasteiger partial charge in [-0.1, -0.05) is 75.4 Å². The molecule has 5 aromatic rings. The number of pyridine rings is 1. The number of phenolic OH excluding ortho intramolecular Hbond substituents is 1. The average Bonchev–Trinajstić information content (AvgIpc) is 3.23. The van der Waals surface area contributed by atoms with Gasteiger partial charge in [-0.15, -0.1) is 0 Å². The Morgan fingerprint density at radius 3 is 2.38 bits per heavy atom. The Labute approximate surface area is 355 Å². The zero-order chi connectivity index (χ0) is 42.3. The number of rotatable bonds is 17. The van der Waals surface area contributed by atoms with Crippen molar-refractivity contribution in [1.29, 1.82) is 0 Å². The van der Waals surface area contributed by atoms with Crippen molar-refractivity contribution in [2.75, 3.05) is 44.6 Å². The average molecular weight is 831 g/mol. The summed E-state index contributed by atoms with van der Waals surface area (Å²) in [7, 11) is -2.16. The van der Waals surface area contributed by atoms with Crippen molar-refractivity contribution in [2.24, 2.45) is 5.92 Å². The number of aromatic nitrogens is 1. The predicted molar refractivity (Wildman–Crippen MR) is 244 cm³/mol. The fraction of sp³-hybridized carbons (Fsp3) is 0.429. The molecule has 3 aliphatic rings. The van der Waals surface area contributed by atoms with Gasteiger partial charge >= 0.3 is 6.09 Å². The molecule has 8 rings (SSSR count). The monoisotopic (exact) mass is 830 g/mol. The van der Waals surface area contributed by atoms with Crippen LogP contribution in [0.4, 0.5) is 10.5 Å². The van der Waals surface area contributed by atoms with Crippen LogP contribution in [-0.4, -0.2) is 74.8 Å². The van der Waals surface area contributed by atoms with Gasteiger partial charge < -0.3 is 29.3 Å². The van der Waals surface area contributed by atoms with E-state index in [1.54, 1.807) is 12.1 Å². The molecule has 3 fully saturated rings. The van der Waals surface area contributed by atoms with Gasteiger partial charge in [0, 0.05) is 30.1 Å². The number of anilines is 1. The SMILES string of the molecule is CC(C)(C)[Si](C)(C)O[C@@H](CNCCc1ccc(OCCCCc2ccc(NC(=O)O[C@H]3CN4CCC3CC4)c(-c3ccccc3)c2)cc1)c1ccc(O)c2[nH]c(=O)ccc12. The Hall–Kier alpha value is -4.94. The molecule has 1 amide bonds. The van der Waals surface area contributed by atoms with Crippen LogP contribution in [0, 0.1) is 5.92 Å². The van der Waals surface area contributed by atoms with Crippen molar-refractivity contribution in [2.45, 2.75) is 89.6 Å². The number of fused-ring (bicyclic) bond motifs is 4. The molecule has 4 N–H and O–H groups in total. The second kappa shape index (κ2) is 19.2. The molecule has 0 unspecified atom stereocenters. The van der Waals surface area contributed by atoms with Crippen LogP contribution in [0.1, 0.15) is 69.2 Å². The molecule has 0 spiro atoms. The molecule has 1 aromatic heterocycles. The molecule has 3 saturated heterocycles. The summed E-state index contributed by atoms with van der Waals surface area (Å²) in [6, 6.07) is 31.6. The van der Waals surface area contributed by atoms with Crippen molar-refractivity contribution >= 4 is 31.0 Å². The second-order valence-electron chi connectivity index (χ2n) is 18.0. The molecule has 4 heterocycles. The fourth-order valence-corrected chi connectivity index (χ4v) is 9.44. The number of aryl methyl sites for hydroxylation is 1. The molecule has 318 valence electrons. The molecule has 2 bridgehead atoms. The van der Waals surface area contributed by atoms with E-state index in [1.165, 1.54) is 17.2 Å². The molecule has 3 aliphatic heterocycles. The first-order valence-electron chi connectivity index (χ1n) is 21.7. The van der Waals surface area contributed by atoms with Gasteiger partial charge in [-0.05, 0) is 141 Å². The fourth-order valence-electron chi connectivity index (χ4n) is 8.16. The number of carbonyl (C=O) groups is 1. The summed E-state index contributed by atoms with van der Waals surface area (Å²) in [4.78, 5) is 30.3. The number of hydrogen-bond donors (Lipinski definition) is 4. The van der Waals surface area contributed by atoms with E-state index in [0.717, 1.165) is 98.2 Å². The maximum Gasteiger partial charge on any atom is 0.411 e. The van der Waals surface area contributed by atoms with Crippen LogP contribution in [0.5, 0.6) is 11.5 Å². The lowest BCUT2D eigenvalue weighted by Crippen LogP contribution is -2.52. The zero-order valence-electron chi connectivity index (χ0n) is 35.9. The third-order valence-corrected chi connectivity index (χ3v) is 17.2. The Balaban J connectivity index is 0.877. The molecule has 4 aromatic carbocycles. The molecule has 10 nitrogen and oxygen atoms in total. The zero-order valence-corrected chi connectivity index (χ0v) is 36.9. The first-order chi connectivity index (χ1) is 28.8. The van der Waals surface area contributed by atoms with Crippen molar-refractivity contribution in [3.05, 3.63) is 124 Å². The van der Waals surface area contributed by atoms with Gasteiger partial charge in [-0.2, -0.15) is 0 Å². The predicted octanol–water partition coefficient (Wildman–Crippen LogP) is 9.84. The van der Waals surface area contributed by atoms with Crippen molar-refractivity contribution in [3.63, 3.8) is 0 Å². The van der Waals surface area contributed by atoms with Crippen molar-refractivity contribution in [1.82, 2.24) is 15.2 Å².